The van der Waals surface area contributed by atoms with Gasteiger partial charge in [0.15, 0.2) is 0 Å². The Bertz CT molecular complexity index is 936. The predicted molar refractivity (Wildman–Crippen MR) is 106 cm³/mol. The van der Waals surface area contributed by atoms with Gasteiger partial charge in [0.1, 0.15) is 5.82 Å². The van der Waals surface area contributed by atoms with Crippen LogP contribution in [-0.4, -0.2) is 38.1 Å². The zero-order valence-corrected chi connectivity index (χ0v) is 15.1. The van der Waals surface area contributed by atoms with Crippen LogP contribution in [0, 0.1) is 10.1 Å². The number of hydrogen-bond acceptors (Lipinski definition) is 8. The summed E-state index contributed by atoms with van der Waals surface area (Å²) in [5.74, 6) is 0.979. The molecule has 0 amide bonds. The minimum absolute atomic E-state index is 0.0440. The Labute approximate surface area is 161 Å². The van der Waals surface area contributed by atoms with E-state index in [0.717, 1.165) is 5.56 Å². The number of nitro benzene ring substituents is 1. The lowest BCUT2D eigenvalue weighted by molar-refractivity contribution is -0.384. The maximum Gasteiger partial charge on any atom is 0.269 e. The molecule has 28 heavy (non-hydrogen) atoms. The zero-order valence-electron chi connectivity index (χ0n) is 15.1. The van der Waals surface area contributed by atoms with Gasteiger partial charge < -0.3 is 15.7 Å². The maximum atomic E-state index is 10.9. The fourth-order valence-corrected chi connectivity index (χ4v) is 2.51. The van der Waals surface area contributed by atoms with Crippen molar-refractivity contribution in [3.8, 4) is 11.4 Å². The number of benzene rings is 1. The number of nitrogens with one attached hydrogen (secondary N) is 2. The van der Waals surface area contributed by atoms with Gasteiger partial charge in [0.2, 0.25) is 5.95 Å². The summed E-state index contributed by atoms with van der Waals surface area (Å²) in [7, 11) is 0. The van der Waals surface area contributed by atoms with E-state index in [0.29, 0.717) is 42.7 Å². The molecule has 0 spiro atoms. The van der Waals surface area contributed by atoms with Crippen LogP contribution in [0.2, 0.25) is 0 Å². The topological polar surface area (TPSA) is 126 Å². The summed E-state index contributed by atoms with van der Waals surface area (Å²) in [6.45, 7) is 0.980. The van der Waals surface area contributed by atoms with E-state index in [-0.39, 0.29) is 12.3 Å². The van der Waals surface area contributed by atoms with Gasteiger partial charge in [-0.3, -0.25) is 15.1 Å². The van der Waals surface area contributed by atoms with Gasteiger partial charge in [-0.15, -0.1) is 0 Å². The van der Waals surface area contributed by atoms with E-state index in [2.05, 4.69) is 25.6 Å². The predicted octanol–water partition coefficient (Wildman–Crippen LogP) is 2.85. The van der Waals surface area contributed by atoms with Crippen molar-refractivity contribution in [1.29, 1.82) is 0 Å². The third-order valence-corrected chi connectivity index (χ3v) is 3.87. The molecule has 0 radical (unpaired) electrons. The molecule has 3 aromatic rings. The van der Waals surface area contributed by atoms with E-state index in [9.17, 15) is 10.1 Å². The van der Waals surface area contributed by atoms with Crippen LogP contribution < -0.4 is 10.6 Å². The molecule has 9 nitrogen and oxygen atoms in total. The molecule has 2 aromatic heterocycles. The lowest BCUT2D eigenvalue weighted by atomic mass is 10.2. The molecule has 1 aromatic carbocycles. The largest absolute Gasteiger partial charge is 0.396 e. The first-order valence-corrected chi connectivity index (χ1v) is 8.78. The van der Waals surface area contributed by atoms with Crippen LogP contribution in [0.4, 0.5) is 17.5 Å². The van der Waals surface area contributed by atoms with Gasteiger partial charge in [0.05, 0.1) is 16.3 Å². The summed E-state index contributed by atoms with van der Waals surface area (Å²) in [4.78, 5) is 23.7. The Morgan fingerprint density at radius 1 is 1.04 bits per heavy atom. The molecule has 0 atom stereocenters. The molecule has 0 unspecified atom stereocenters. The Hall–Kier alpha value is -3.59. The highest BCUT2D eigenvalue weighted by atomic mass is 16.6. The van der Waals surface area contributed by atoms with E-state index in [4.69, 9.17) is 5.11 Å². The van der Waals surface area contributed by atoms with Crippen LogP contribution in [0.3, 0.4) is 0 Å². The van der Waals surface area contributed by atoms with Crippen molar-refractivity contribution in [2.75, 3.05) is 23.8 Å². The highest BCUT2D eigenvalue weighted by Gasteiger charge is 2.09. The van der Waals surface area contributed by atoms with E-state index in [1.807, 2.05) is 18.2 Å². The van der Waals surface area contributed by atoms with Crippen molar-refractivity contribution in [2.24, 2.45) is 0 Å². The average Bonchev–Trinajstić information content (AvgIpc) is 2.73. The third kappa shape index (κ3) is 5.21. The first kappa shape index (κ1) is 19.2. The summed E-state index contributed by atoms with van der Waals surface area (Å²) in [5.41, 5.74) is 2.15. The quantitative estimate of drug-likeness (QED) is 0.294. The molecule has 144 valence electrons. The number of rotatable bonds is 9. The monoisotopic (exact) mass is 380 g/mol. The molecular formula is C19H20N6O3. The fraction of sp³-hybridized carbons (Fsp3) is 0.211. The molecule has 0 aliphatic carbocycles. The molecule has 0 saturated carbocycles. The van der Waals surface area contributed by atoms with Crippen molar-refractivity contribution >= 4 is 17.5 Å². The number of hydrogen-bond donors (Lipinski definition) is 3. The van der Waals surface area contributed by atoms with Gasteiger partial charge in [0.25, 0.3) is 5.69 Å². The minimum atomic E-state index is -0.420. The van der Waals surface area contributed by atoms with E-state index >= 15 is 0 Å². The summed E-state index contributed by atoms with van der Waals surface area (Å²) in [5, 5.41) is 26.1. The van der Waals surface area contributed by atoms with Crippen molar-refractivity contribution in [1.82, 2.24) is 15.0 Å². The standard InChI is InChI=1S/C19H20N6O3/c26-10-4-9-21-19-23-17(16-7-1-2-8-20-16)12-18(24-19)22-13-14-5-3-6-15(11-14)25(27)28/h1-3,5-8,11-12,26H,4,9-10,13H2,(H2,21,22,23,24). The van der Waals surface area contributed by atoms with Gasteiger partial charge in [0, 0.05) is 44.1 Å². The molecule has 3 rings (SSSR count). The van der Waals surface area contributed by atoms with Crippen LogP contribution in [0.1, 0.15) is 12.0 Å². The van der Waals surface area contributed by atoms with E-state index in [1.54, 1.807) is 24.4 Å². The number of non-ortho nitro benzene ring substituents is 1. The molecular weight excluding hydrogens is 360 g/mol. The highest BCUT2D eigenvalue weighted by Crippen LogP contribution is 2.20. The lowest BCUT2D eigenvalue weighted by Crippen LogP contribution is -2.10. The number of aliphatic hydroxyl groups is 1. The Morgan fingerprint density at radius 3 is 2.68 bits per heavy atom. The SMILES string of the molecule is O=[N+]([O-])c1cccc(CNc2cc(-c3ccccn3)nc(NCCCO)n2)c1. The first-order valence-electron chi connectivity index (χ1n) is 8.78. The summed E-state index contributed by atoms with van der Waals surface area (Å²) >= 11 is 0. The molecule has 2 heterocycles. The second-order valence-electron chi connectivity index (χ2n) is 5.96. The van der Waals surface area contributed by atoms with E-state index in [1.165, 1.54) is 12.1 Å². The summed E-state index contributed by atoms with van der Waals surface area (Å²) < 4.78 is 0. The van der Waals surface area contributed by atoms with Gasteiger partial charge in [-0.1, -0.05) is 18.2 Å². The van der Waals surface area contributed by atoms with Crippen molar-refractivity contribution in [3.63, 3.8) is 0 Å². The normalized spacial score (nSPS) is 10.5. The average molecular weight is 380 g/mol. The lowest BCUT2D eigenvalue weighted by Gasteiger charge is -2.11. The number of anilines is 2. The first-order chi connectivity index (χ1) is 13.7. The number of pyridine rings is 1. The molecule has 3 N–H and O–H groups in total. The molecule has 9 heteroatoms. The summed E-state index contributed by atoms with van der Waals surface area (Å²) in [6.07, 6.45) is 2.26. The van der Waals surface area contributed by atoms with E-state index < -0.39 is 4.92 Å². The Kier molecular flexibility index (Phi) is 6.42. The van der Waals surface area contributed by atoms with Crippen LogP contribution in [0.5, 0.6) is 0 Å². The maximum absolute atomic E-state index is 10.9. The van der Waals surface area contributed by atoms with Crippen LogP contribution in [-0.2, 0) is 6.54 Å². The van der Waals surface area contributed by atoms with Gasteiger partial charge in [-0.25, -0.2) is 4.98 Å². The number of nitro groups is 1. The van der Waals surface area contributed by atoms with Crippen LogP contribution >= 0.6 is 0 Å². The van der Waals surface area contributed by atoms with Crippen molar-refractivity contribution in [3.05, 3.63) is 70.4 Å². The second-order valence-corrected chi connectivity index (χ2v) is 5.96. The molecule has 0 aliphatic heterocycles. The second kappa shape index (κ2) is 9.38. The smallest absolute Gasteiger partial charge is 0.269 e. The van der Waals surface area contributed by atoms with Crippen LogP contribution in [0.15, 0.2) is 54.7 Å². The van der Waals surface area contributed by atoms with Gasteiger partial charge >= 0.3 is 0 Å². The highest BCUT2D eigenvalue weighted by molar-refractivity contribution is 5.61. The zero-order chi connectivity index (χ0) is 19.8. The fourth-order valence-electron chi connectivity index (χ4n) is 2.51. The summed E-state index contributed by atoms with van der Waals surface area (Å²) in [6, 6.07) is 13.8. The molecule has 0 fully saturated rings. The minimum Gasteiger partial charge on any atom is -0.396 e. The number of aliphatic hydroxyl groups excluding tert-OH is 1. The number of nitrogens with zero attached hydrogens (tertiary/aromatic N) is 4. The Morgan fingerprint density at radius 2 is 1.93 bits per heavy atom. The van der Waals surface area contributed by atoms with Gasteiger partial charge in [-0.2, -0.15) is 4.98 Å². The molecule has 0 saturated heterocycles. The Balaban J connectivity index is 1.81. The van der Waals surface area contributed by atoms with Crippen molar-refractivity contribution < 1.29 is 10.0 Å². The molecule has 0 bridgehead atoms. The molecule has 0 aliphatic rings. The van der Waals surface area contributed by atoms with Crippen molar-refractivity contribution in [2.45, 2.75) is 13.0 Å². The third-order valence-electron chi connectivity index (χ3n) is 3.87. The van der Waals surface area contributed by atoms with Gasteiger partial charge in [-0.05, 0) is 24.1 Å². The number of aromatic nitrogens is 3. The van der Waals surface area contributed by atoms with Crippen LogP contribution in [0.25, 0.3) is 11.4 Å².